The second-order valence-electron chi connectivity index (χ2n) is 6.58. The third kappa shape index (κ3) is 5.66. The smallest absolute Gasteiger partial charge is 0.130 e. The predicted octanol–water partition coefficient (Wildman–Crippen LogP) is 5.12. The second kappa shape index (κ2) is 8.82. The number of amidine groups is 1. The van der Waals surface area contributed by atoms with Gasteiger partial charge in [-0.3, -0.25) is 0 Å². The molecule has 0 amide bonds. The van der Waals surface area contributed by atoms with Crippen molar-refractivity contribution in [3.05, 3.63) is 84.1 Å². The molecule has 1 aliphatic rings. The van der Waals surface area contributed by atoms with Gasteiger partial charge in [0.15, 0.2) is 0 Å². The topological polar surface area (TPSA) is 49.6 Å². The Bertz CT molecular complexity index is 877. The van der Waals surface area contributed by atoms with Crippen LogP contribution in [0.25, 0.3) is 5.57 Å². The molecule has 1 aliphatic heterocycles. The fraction of sp³-hybridized carbons (Fsp3) is 0.227. The van der Waals surface area contributed by atoms with Gasteiger partial charge in [0.25, 0.3) is 0 Å². The minimum atomic E-state index is 0.0201. The van der Waals surface area contributed by atoms with Gasteiger partial charge in [-0.05, 0) is 62.8 Å². The van der Waals surface area contributed by atoms with E-state index < -0.39 is 0 Å². The Balaban J connectivity index is 1.61. The number of hydrogen-bond donors (Lipinski definition) is 2. The highest BCUT2D eigenvalue weighted by Gasteiger charge is 2.14. The molecule has 3 rings (SSSR count). The van der Waals surface area contributed by atoms with Gasteiger partial charge in [0.05, 0.1) is 6.26 Å². The minimum absolute atomic E-state index is 0.0201. The summed E-state index contributed by atoms with van der Waals surface area (Å²) in [7, 11) is 0. The number of nitrogens with one attached hydrogen (secondary N) is 2. The zero-order valence-electron chi connectivity index (χ0n) is 16.0. The van der Waals surface area contributed by atoms with Crippen LogP contribution in [0.2, 0.25) is 0 Å². The maximum atomic E-state index is 5.41. The molecule has 27 heavy (non-hydrogen) atoms. The largest absolute Gasteiger partial charge is 0.465 e. The fourth-order valence-electron chi connectivity index (χ4n) is 2.74. The van der Waals surface area contributed by atoms with Crippen LogP contribution in [0.1, 0.15) is 25.2 Å². The van der Waals surface area contributed by atoms with E-state index in [1.54, 1.807) is 18.0 Å². The summed E-state index contributed by atoms with van der Waals surface area (Å²) in [6, 6.07) is 12.4. The molecule has 4 nitrogen and oxygen atoms in total. The molecule has 0 saturated heterocycles. The van der Waals surface area contributed by atoms with Gasteiger partial charge in [0.2, 0.25) is 0 Å². The van der Waals surface area contributed by atoms with Crippen molar-refractivity contribution >= 4 is 23.2 Å². The monoisotopic (exact) mass is 379 g/mol. The zero-order chi connectivity index (χ0) is 19.2. The quantitative estimate of drug-likeness (QED) is 0.540. The Morgan fingerprint density at radius 3 is 2.78 bits per heavy atom. The standard InChI is InChI=1S/C22H25N3OS/c1-15-7-9-19(10-8-15)27-14-22-24-18(4)13-21(25-22)23-17(3)12-16(2)20-6-5-11-26-20/h5-13,22,24H,3,14H2,1-2,4H3,(H,23,25)/b16-12+. The number of allylic oxidation sites excluding steroid dienone is 3. The lowest BCUT2D eigenvalue weighted by atomic mass is 10.2. The number of benzene rings is 1. The van der Waals surface area contributed by atoms with Gasteiger partial charge in [0.1, 0.15) is 17.8 Å². The van der Waals surface area contributed by atoms with Crippen LogP contribution in [0.15, 0.2) is 87.1 Å². The van der Waals surface area contributed by atoms with Crippen molar-refractivity contribution in [1.82, 2.24) is 10.6 Å². The highest BCUT2D eigenvalue weighted by Crippen LogP contribution is 2.21. The predicted molar refractivity (Wildman–Crippen MR) is 115 cm³/mol. The van der Waals surface area contributed by atoms with Crippen LogP contribution in [0, 0.1) is 6.92 Å². The van der Waals surface area contributed by atoms with Crippen LogP contribution in [0.5, 0.6) is 0 Å². The number of aryl methyl sites for hydroxylation is 1. The van der Waals surface area contributed by atoms with Gasteiger partial charge in [-0.2, -0.15) is 0 Å². The first-order valence-electron chi connectivity index (χ1n) is 8.90. The zero-order valence-corrected chi connectivity index (χ0v) is 16.8. The van der Waals surface area contributed by atoms with E-state index in [9.17, 15) is 0 Å². The molecule has 1 aromatic carbocycles. The van der Waals surface area contributed by atoms with Crippen molar-refractivity contribution < 1.29 is 4.42 Å². The molecule has 140 valence electrons. The average Bonchev–Trinajstić information content (AvgIpc) is 3.15. The summed E-state index contributed by atoms with van der Waals surface area (Å²) >= 11 is 1.80. The molecule has 0 fully saturated rings. The number of hydrogen-bond acceptors (Lipinski definition) is 5. The van der Waals surface area contributed by atoms with E-state index >= 15 is 0 Å². The fourth-order valence-corrected chi connectivity index (χ4v) is 3.58. The highest BCUT2D eigenvalue weighted by molar-refractivity contribution is 7.99. The highest BCUT2D eigenvalue weighted by atomic mass is 32.2. The lowest BCUT2D eigenvalue weighted by molar-refractivity contribution is 0.552. The van der Waals surface area contributed by atoms with E-state index in [2.05, 4.69) is 48.4 Å². The molecule has 0 aliphatic carbocycles. The van der Waals surface area contributed by atoms with Crippen LogP contribution >= 0.6 is 11.8 Å². The Hall–Kier alpha value is -2.66. The maximum Gasteiger partial charge on any atom is 0.130 e. The Morgan fingerprint density at radius 2 is 2.07 bits per heavy atom. The lowest BCUT2D eigenvalue weighted by Crippen LogP contribution is -2.36. The number of thioether (sulfide) groups is 1. The van der Waals surface area contributed by atoms with Crippen molar-refractivity contribution in [3.63, 3.8) is 0 Å². The van der Waals surface area contributed by atoms with Crippen LogP contribution in [0.3, 0.4) is 0 Å². The van der Waals surface area contributed by atoms with E-state index in [4.69, 9.17) is 9.41 Å². The molecular formula is C22H25N3OS. The molecule has 2 aromatic rings. The summed E-state index contributed by atoms with van der Waals surface area (Å²) in [6.07, 6.45) is 5.64. The summed E-state index contributed by atoms with van der Waals surface area (Å²) in [5, 5.41) is 6.71. The summed E-state index contributed by atoms with van der Waals surface area (Å²) < 4.78 is 5.41. The number of rotatable bonds is 6. The third-order valence-corrected chi connectivity index (χ3v) is 5.15. The van der Waals surface area contributed by atoms with Gasteiger partial charge in [0, 0.05) is 22.0 Å². The molecule has 1 atom stereocenters. The van der Waals surface area contributed by atoms with E-state index in [-0.39, 0.29) is 6.17 Å². The van der Waals surface area contributed by atoms with Gasteiger partial charge < -0.3 is 15.1 Å². The molecule has 1 unspecified atom stereocenters. The van der Waals surface area contributed by atoms with Crippen LogP contribution in [-0.4, -0.2) is 17.8 Å². The van der Waals surface area contributed by atoms with Crippen molar-refractivity contribution in [2.24, 2.45) is 4.99 Å². The van der Waals surface area contributed by atoms with Crippen molar-refractivity contribution in [2.45, 2.75) is 31.8 Å². The summed E-state index contributed by atoms with van der Waals surface area (Å²) in [4.78, 5) is 6.01. The number of furan rings is 1. The van der Waals surface area contributed by atoms with Crippen molar-refractivity contribution in [2.75, 3.05) is 5.75 Å². The van der Waals surface area contributed by atoms with E-state index in [1.165, 1.54) is 10.5 Å². The normalized spacial score (nSPS) is 17.0. The molecule has 2 heterocycles. The first-order valence-corrected chi connectivity index (χ1v) is 9.88. The summed E-state index contributed by atoms with van der Waals surface area (Å²) in [5.41, 5.74) is 4.15. The van der Waals surface area contributed by atoms with Gasteiger partial charge >= 0.3 is 0 Å². The molecule has 1 aromatic heterocycles. The van der Waals surface area contributed by atoms with E-state index in [0.717, 1.165) is 34.3 Å². The Labute approximate surface area is 165 Å². The Morgan fingerprint density at radius 1 is 1.30 bits per heavy atom. The van der Waals surface area contributed by atoms with Gasteiger partial charge in [-0.25, -0.2) is 4.99 Å². The first kappa shape index (κ1) is 19.1. The maximum absolute atomic E-state index is 5.41. The number of nitrogens with zero attached hydrogens (tertiary/aromatic N) is 1. The van der Waals surface area contributed by atoms with Crippen LogP contribution < -0.4 is 10.6 Å². The molecule has 2 N–H and O–H groups in total. The lowest BCUT2D eigenvalue weighted by Gasteiger charge is -2.22. The van der Waals surface area contributed by atoms with E-state index in [1.807, 2.05) is 38.1 Å². The van der Waals surface area contributed by atoms with E-state index in [0.29, 0.717) is 0 Å². The average molecular weight is 380 g/mol. The molecule has 0 spiro atoms. The van der Waals surface area contributed by atoms with Crippen molar-refractivity contribution in [1.29, 1.82) is 0 Å². The first-order chi connectivity index (χ1) is 13.0. The minimum Gasteiger partial charge on any atom is -0.465 e. The molecule has 5 heteroatoms. The molecule has 0 radical (unpaired) electrons. The molecular weight excluding hydrogens is 354 g/mol. The SMILES string of the molecule is C=C(/C=C(\C)c1ccco1)NC1=NC(CSc2ccc(C)cc2)NC(C)=C1. The molecule has 0 bridgehead atoms. The second-order valence-corrected chi connectivity index (χ2v) is 7.67. The van der Waals surface area contributed by atoms with Crippen LogP contribution in [0.4, 0.5) is 0 Å². The molecule has 0 saturated carbocycles. The van der Waals surface area contributed by atoms with Gasteiger partial charge in [-0.15, -0.1) is 11.8 Å². The Kier molecular flexibility index (Phi) is 6.24. The summed E-state index contributed by atoms with van der Waals surface area (Å²) in [6.45, 7) is 10.2. The van der Waals surface area contributed by atoms with Crippen molar-refractivity contribution in [3.8, 4) is 0 Å². The van der Waals surface area contributed by atoms with Gasteiger partial charge in [-0.1, -0.05) is 24.3 Å². The third-order valence-electron chi connectivity index (χ3n) is 4.06. The van der Waals surface area contributed by atoms with Crippen LogP contribution in [-0.2, 0) is 0 Å². The number of aliphatic imine (C=N–C) groups is 1. The summed E-state index contributed by atoms with van der Waals surface area (Å²) in [5.74, 6) is 2.51.